The Morgan fingerprint density at radius 2 is 1.49 bits per heavy atom. The van der Waals surface area contributed by atoms with Gasteiger partial charge < -0.3 is 24.3 Å². The number of nitrogens with zero attached hydrogens (tertiary/aromatic N) is 2. The first kappa shape index (κ1) is 28.2. The van der Waals surface area contributed by atoms with Crippen molar-refractivity contribution in [2.24, 2.45) is 10.2 Å². The third-order valence-corrected chi connectivity index (χ3v) is 4.98. The van der Waals surface area contributed by atoms with Gasteiger partial charge in [0.1, 0.15) is 22.9 Å². The third kappa shape index (κ3) is 7.73. The van der Waals surface area contributed by atoms with Crippen molar-refractivity contribution >= 4 is 46.3 Å². The van der Waals surface area contributed by atoms with Gasteiger partial charge in [0.25, 0.3) is 5.91 Å². The fourth-order valence-corrected chi connectivity index (χ4v) is 3.45. The molecule has 1 N–H and O–H groups in total. The van der Waals surface area contributed by atoms with Gasteiger partial charge in [-0.1, -0.05) is 23.2 Å². The summed E-state index contributed by atoms with van der Waals surface area (Å²) in [5, 5.41) is 11.4. The number of ketones is 1. The van der Waals surface area contributed by atoms with Crippen LogP contribution in [0.2, 0.25) is 10.0 Å². The van der Waals surface area contributed by atoms with Crippen molar-refractivity contribution in [1.82, 2.24) is 0 Å². The third-order valence-electron chi connectivity index (χ3n) is 4.40. The lowest BCUT2D eigenvalue weighted by Gasteiger charge is -2.16. The van der Waals surface area contributed by atoms with E-state index in [0.29, 0.717) is 48.7 Å². The molecule has 0 spiro atoms. The summed E-state index contributed by atoms with van der Waals surface area (Å²) in [5.74, 6) is 0.157. The number of anilines is 1. The van der Waals surface area contributed by atoms with Crippen LogP contribution in [0.25, 0.3) is 0 Å². The number of hydrogen-bond donors (Lipinski definition) is 1. The minimum absolute atomic E-state index is 0.245. The molecule has 11 heteroatoms. The highest BCUT2D eigenvalue weighted by Gasteiger charge is 2.26. The van der Waals surface area contributed by atoms with E-state index in [1.807, 2.05) is 13.8 Å². The van der Waals surface area contributed by atoms with Gasteiger partial charge in [-0.3, -0.25) is 9.59 Å². The number of ether oxygens (including phenoxy) is 4. The molecule has 0 fully saturated rings. The predicted molar refractivity (Wildman–Crippen MR) is 135 cm³/mol. The van der Waals surface area contributed by atoms with Crippen molar-refractivity contribution in [3.63, 3.8) is 0 Å². The van der Waals surface area contributed by atoms with Gasteiger partial charge in [-0.2, -0.15) is 10.2 Å². The lowest BCUT2D eigenvalue weighted by molar-refractivity contribution is -0.126. The van der Waals surface area contributed by atoms with Gasteiger partial charge in [0.2, 0.25) is 6.04 Å². The maximum atomic E-state index is 13.0. The fraction of sp³-hybridized carbons (Fsp3) is 0.417. The highest BCUT2D eigenvalue weighted by molar-refractivity contribution is 6.33. The number of halogens is 2. The Morgan fingerprint density at radius 1 is 0.857 bits per heavy atom. The van der Waals surface area contributed by atoms with Crippen LogP contribution in [0.4, 0.5) is 11.4 Å². The van der Waals surface area contributed by atoms with E-state index in [9.17, 15) is 9.59 Å². The second-order valence-corrected chi connectivity index (χ2v) is 7.80. The Hall–Kier alpha value is -3.04. The number of rotatable bonds is 13. The monoisotopic (exact) mass is 525 g/mol. The van der Waals surface area contributed by atoms with Crippen molar-refractivity contribution < 1.29 is 28.5 Å². The molecule has 2 aromatic rings. The van der Waals surface area contributed by atoms with Crippen LogP contribution in [-0.4, -0.2) is 44.2 Å². The zero-order valence-corrected chi connectivity index (χ0v) is 21.8. The van der Waals surface area contributed by atoms with E-state index >= 15 is 0 Å². The second kappa shape index (κ2) is 13.7. The van der Waals surface area contributed by atoms with E-state index in [2.05, 4.69) is 15.5 Å². The number of carbonyl (C=O) groups excluding carboxylic acids is 2. The molecule has 9 nitrogen and oxygen atoms in total. The fourth-order valence-electron chi connectivity index (χ4n) is 2.98. The van der Waals surface area contributed by atoms with E-state index in [-0.39, 0.29) is 22.1 Å². The maximum Gasteiger partial charge on any atom is 0.258 e. The van der Waals surface area contributed by atoms with E-state index in [4.69, 9.17) is 42.1 Å². The topological polar surface area (TPSA) is 108 Å². The molecule has 0 aliphatic heterocycles. The maximum absolute atomic E-state index is 13.0. The highest BCUT2D eigenvalue weighted by Crippen LogP contribution is 2.39. The van der Waals surface area contributed by atoms with Gasteiger partial charge in [-0.25, -0.2) is 0 Å². The van der Waals surface area contributed by atoms with Gasteiger partial charge in [-0.15, -0.1) is 0 Å². The summed E-state index contributed by atoms with van der Waals surface area (Å²) in [6, 6.07) is 4.78. The average molecular weight is 526 g/mol. The molecule has 0 aromatic heterocycles. The number of nitrogens with one attached hydrogen (secondary N) is 1. The average Bonchev–Trinajstić information content (AvgIpc) is 2.79. The Balaban J connectivity index is 2.40. The van der Waals surface area contributed by atoms with Crippen molar-refractivity contribution in [3.8, 4) is 23.0 Å². The highest BCUT2D eigenvalue weighted by atomic mass is 35.5. The van der Waals surface area contributed by atoms with Crippen molar-refractivity contribution in [3.05, 3.63) is 34.3 Å². The number of benzene rings is 2. The first-order valence-electron chi connectivity index (χ1n) is 11.2. The van der Waals surface area contributed by atoms with Crippen molar-refractivity contribution in [2.75, 3.05) is 31.7 Å². The number of carbonyl (C=O) groups is 2. The van der Waals surface area contributed by atoms with Gasteiger partial charge in [0.05, 0.1) is 42.2 Å². The Morgan fingerprint density at radius 3 is 2.09 bits per heavy atom. The van der Waals surface area contributed by atoms with Crippen molar-refractivity contribution in [1.29, 1.82) is 0 Å². The molecule has 2 rings (SSSR count). The standard InChI is InChI=1S/C24H29Cl2N3O6/c1-6-32-15-10-17(26)23(35-9-4)19(11-15)27-24(31)22(14(5)30)29-28-18-13-20(33-7-2)16(25)12-21(18)34-8-3/h10-13,22H,6-9H2,1-5H3,(H,27,31). The summed E-state index contributed by atoms with van der Waals surface area (Å²) in [6.45, 7) is 9.90. The Kier molecular flexibility index (Phi) is 11.1. The van der Waals surface area contributed by atoms with Crippen LogP contribution in [-0.2, 0) is 9.59 Å². The molecule has 35 heavy (non-hydrogen) atoms. The molecule has 0 saturated heterocycles. The van der Waals surface area contributed by atoms with E-state index in [0.717, 1.165) is 0 Å². The smallest absolute Gasteiger partial charge is 0.258 e. The molecule has 2 aromatic carbocycles. The molecule has 190 valence electrons. The van der Waals surface area contributed by atoms with Crippen LogP contribution >= 0.6 is 23.2 Å². The van der Waals surface area contributed by atoms with E-state index < -0.39 is 17.7 Å². The van der Waals surface area contributed by atoms with Gasteiger partial charge in [0.15, 0.2) is 11.5 Å². The van der Waals surface area contributed by atoms with Crippen LogP contribution in [0.5, 0.6) is 23.0 Å². The molecule has 0 radical (unpaired) electrons. The number of amides is 1. The quantitative estimate of drug-likeness (QED) is 0.244. The molecule has 0 saturated carbocycles. The summed E-state index contributed by atoms with van der Waals surface area (Å²) >= 11 is 12.5. The minimum atomic E-state index is -1.44. The predicted octanol–water partition coefficient (Wildman–Crippen LogP) is 6.27. The van der Waals surface area contributed by atoms with Gasteiger partial charge >= 0.3 is 0 Å². The SMILES string of the molecule is CCOc1cc(Cl)c(OCC)c(NC(=O)C(N=Nc2cc(OCC)c(Cl)cc2OCC)C(C)=O)c1. The summed E-state index contributed by atoms with van der Waals surface area (Å²) in [7, 11) is 0. The summed E-state index contributed by atoms with van der Waals surface area (Å²) in [4.78, 5) is 25.3. The Labute approximate surface area is 214 Å². The zero-order chi connectivity index (χ0) is 26.0. The first-order valence-corrected chi connectivity index (χ1v) is 11.9. The summed E-state index contributed by atoms with van der Waals surface area (Å²) < 4.78 is 22.1. The number of hydrogen-bond acceptors (Lipinski definition) is 8. The lowest BCUT2D eigenvalue weighted by Crippen LogP contribution is -2.32. The zero-order valence-electron chi connectivity index (χ0n) is 20.3. The molecular weight excluding hydrogens is 497 g/mol. The molecular formula is C24H29Cl2N3O6. The summed E-state index contributed by atoms with van der Waals surface area (Å²) in [6.07, 6.45) is 0. The van der Waals surface area contributed by atoms with Crippen LogP contribution in [0.3, 0.4) is 0 Å². The number of azo groups is 1. The minimum Gasteiger partial charge on any atom is -0.494 e. The molecule has 1 unspecified atom stereocenters. The molecule has 0 heterocycles. The molecule has 0 aliphatic rings. The van der Waals surface area contributed by atoms with Crippen LogP contribution < -0.4 is 24.3 Å². The molecule has 1 atom stereocenters. The van der Waals surface area contributed by atoms with E-state index in [1.54, 1.807) is 32.0 Å². The molecule has 0 aliphatic carbocycles. The molecule has 0 bridgehead atoms. The van der Waals surface area contributed by atoms with Crippen LogP contribution in [0.15, 0.2) is 34.5 Å². The normalized spacial score (nSPS) is 11.7. The largest absolute Gasteiger partial charge is 0.494 e. The lowest BCUT2D eigenvalue weighted by atomic mass is 10.2. The number of Topliss-reactive ketones (excluding diaryl/α,β-unsaturated/α-hetero) is 1. The van der Waals surface area contributed by atoms with Gasteiger partial charge in [0, 0.05) is 24.3 Å². The Bertz CT molecular complexity index is 1080. The molecule has 1 amide bonds. The van der Waals surface area contributed by atoms with Gasteiger partial charge in [-0.05, 0) is 34.6 Å². The summed E-state index contributed by atoms with van der Waals surface area (Å²) in [5.41, 5.74) is 0.504. The van der Waals surface area contributed by atoms with Crippen molar-refractivity contribution in [2.45, 2.75) is 40.7 Å². The van der Waals surface area contributed by atoms with Crippen LogP contribution in [0.1, 0.15) is 34.6 Å². The van der Waals surface area contributed by atoms with E-state index in [1.165, 1.54) is 13.0 Å². The van der Waals surface area contributed by atoms with Crippen LogP contribution in [0, 0.1) is 0 Å². The second-order valence-electron chi connectivity index (χ2n) is 6.98. The first-order chi connectivity index (χ1) is 16.7.